The molecule has 3 heterocycles. The number of urea groups is 1. The lowest BCUT2D eigenvalue weighted by Gasteiger charge is -2.41. The molecule has 0 aliphatic carbocycles. The van der Waals surface area contributed by atoms with Gasteiger partial charge in [0.05, 0.1) is 6.61 Å². The number of carbonyl (C=O) groups is 1. The quantitative estimate of drug-likeness (QED) is 0.572. The Labute approximate surface area is 216 Å². The number of nitrogens with one attached hydrogen (secondary N) is 1. The van der Waals surface area contributed by atoms with Crippen LogP contribution in [0.4, 0.5) is 23.7 Å². The SMILES string of the molecule is C[C@@H]1CN(c2cc(F)c(F)c(F)c2)CCN1C(=O)NCCC1CCN(Cc2cccc3c2OCC3)CC1. The Morgan fingerprint density at radius 2 is 1.84 bits per heavy atom. The van der Waals surface area contributed by atoms with E-state index in [0.717, 1.165) is 69.8 Å². The second-order valence-corrected chi connectivity index (χ2v) is 10.5. The number of benzene rings is 2. The van der Waals surface area contributed by atoms with Crippen molar-refractivity contribution in [2.75, 3.05) is 50.8 Å². The smallest absolute Gasteiger partial charge is 0.317 e. The molecule has 200 valence electrons. The second-order valence-electron chi connectivity index (χ2n) is 10.5. The van der Waals surface area contributed by atoms with Crippen molar-refractivity contribution in [2.24, 2.45) is 5.92 Å². The number of halogens is 3. The monoisotopic (exact) mass is 516 g/mol. The average molecular weight is 517 g/mol. The molecule has 1 atom stereocenters. The zero-order valence-corrected chi connectivity index (χ0v) is 21.3. The molecule has 2 amide bonds. The predicted molar refractivity (Wildman–Crippen MR) is 136 cm³/mol. The van der Waals surface area contributed by atoms with E-state index in [9.17, 15) is 18.0 Å². The zero-order valence-electron chi connectivity index (χ0n) is 21.3. The number of piperazine rings is 1. The maximum Gasteiger partial charge on any atom is 0.317 e. The number of para-hydroxylation sites is 1. The topological polar surface area (TPSA) is 48.0 Å². The van der Waals surface area contributed by atoms with Gasteiger partial charge in [0.15, 0.2) is 17.5 Å². The first-order chi connectivity index (χ1) is 17.9. The Hall–Kier alpha value is -2.94. The number of carbonyl (C=O) groups excluding carboxylic acids is 1. The van der Waals surface area contributed by atoms with Gasteiger partial charge in [-0.05, 0) is 50.8 Å². The van der Waals surface area contributed by atoms with E-state index in [0.29, 0.717) is 37.8 Å². The molecular formula is C28H35F3N4O2. The highest BCUT2D eigenvalue weighted by atomic mass is 19.2. The number of fused-ring (bicyclic) bond motifs is 1. The van der Waals surface area contributed by atoms with Gasteiger partial charge in [-0.1, -0.05) is 18.2 Å². The van der Waals surface area contributed by atoms with Gasteiger partial charge in [-0.15, -0.1) is 0 Å². The summed E-state index contributed by atoms with van der Waals surface area (Å²) in [5, 5.41) is 3.06. The van der Waals surface area contributed by atoms with Crippen molar-refractivity contribution in [3.05, 3.63) is 58.9 Å². The summed E-state index contributed by atoms with van der Waals surface area (Å²) >= 11 is 0. The molecule has 3 aliphatic rings. The summed E-state index contributed by atoms with van der Waals surface area (Å²) in [6.07, 6.45) is 4.18. The minimum absolute atomic E-state index is 0.112. The summed E-state index contributed by atoms with van der Waals surface area (Å²) in [6, 6.07) is 8.21. The Bertz CT molecular complexity index is 1100. The number of likely N-dealkylation sites (tertiary alicyclic amines) is 1. The number of ether oxygens (including phenoxy) is 1. The van der Waals surface area contributed by atoms with Crippen molar-refractivity contribution in [1.82, 2.24) is 15.1 Å². The summed E-state index contributed by atoms with van der Waals surface area (Å²) in [6.45, 7) is 7.62. The first-order valence-corrected chi connectivity index (χ1v) is 13.3. The van der Waals surface area contributed by atoms with Crippen LogP contribution in [-0.2, 0) is 13.0 Å². The summed E-state index contributed by atoms with van der Waals surface area (Å²) in [5.74, 6) is -2.20. The van der Waals surface area contributed by atoms with Crippen LogP contribution in [0, 0.1) is 23.4 Å². The minimum Gasteiger partial charge on any atom is -0.493 e. The van der Waals surface area contributed by atoms with Gasteiger partial charge < -0.3 is 19.9 Å². The molecule has 0 aromatic heterocycles. The molecule has 6 nitrogen and oxygen atoms in total. The fourth-order valence-corrected chi connectivity index (χ4v) is 5.79. The molecule has 0 saturated carbocycles. The van der Waals surface area contributed by atoms with Crippen LogP contribution in [0.2, 0.25) is 0 Å². The molecule has 0 unspecified atom stereocenters. The highest BCUT2D eigenvalue weighted by Gasteiger charge is 2.29. The van der Waals surface area contributed by atoms with E-state index in [-0.39, 0.29) is 12.1 Å². The van der Waals surface area contributed by atoms with Crippen LogP contribution in [-0.4, -0.2) is 67.7 Å². The fraction of sp³-hybridized carbons (Fsp3) is 0.536. The van der Waals surface area contributed by atoms with Crippen LogP contribution in [0.1, 0.15) is 37.3 Å². The van der Waals surface area contributed by atoms with Crippen LogP contribution in [0.15, 0.2) is 30.3 Å². The largest absolute Gasteiger partial charge is 0.493 e. The average Bonchev–Trinajstić information content (AvgIpc) is 3.38. The minimum atomic E-state index is -1.46. The molecule has 37 heavy (non-hydrogen) atoms. The molecule has 2 fully saturated rings. The molecule has 0 radical (unpaired) electrons. The molecule has 0 spiro atoms. The summed E-state index contributed by atoms with van der Waals surface area (Å²) in [4.78, 5) is 18.8. The lowest BCUT2D eigenvalue weighted by Crippen LogP contribution is -2.56. The van der Waals surface area contributed by atoms with Crippen LogP contribution < -0.4 is 15.0 Å². The number of hydrogen-bond acceptors (Lipinski definition) is 4. The van der Waals surface area contributed by atoms with E-state index in [1.165, 1.54) is 11.1 Å². The van der Waals surface area contributed by atoms with Crippen molar-refractivity contribution >= 4 is 11.7 Å². The van der Waals surface area contributed by atoms with E-state index in [1.807, 2.05) is 6.92 Å². The van der Waals surface area contributed by atoms with Crippen molar-refractivity contribution < 1.29 is 22.7 Å². The fourth-order valence-electron chi connectivity index (χ4n) is 5.79. The molecule has 2 aromatic carbocycles. The summed E-state index contributed by atoms with van der Waals surface area (Å²) in [5.41, 5.74) is 2.89. The van der Waals surface area contributed by atoms with Gasteiger partial charge in [-0.2, -0.15) is 0 Å². The maximum atomic E-state index is 13.6. The van der Waals surface area contributed by atoms with E-state index in [2.05, 4.69) is 28.4 Å². The van der Waals surface area contributed by atoms with Gasteiger partial charge in [0.1, 0.15) is 5.75 Å². The van der Waals surface area contributed by atoms with Crippen molar-refractivity contribution in [2.45, 2.75) is 45.2 Å². The Morgan fingerprint density at radius 3 is 2.57 bits per heavy atom. The zero-order chi connectivity index (χ0) is 25.9. The Morgan fingerprint density at radius 1 is 1.08 bits per heavy atom. The third-order valence-corrected chi connectivity index (χ3v) is 7.95. The van der Waals surface area contributed by atoms with Crippen LogP contribution in [0.5, 0.6) is 5.75 Å². The lowest BCUT2D eigenvalue weighted by atomic mass is 9.93. The van der Waals surface area contributed by atoms with E-state index >= 15 is 0 Å². The molecule has 2 saturated heterocycles. The predicted octanol–water partition coefficient (Wildman–Crippen LogP) is 4.56. The lowest BCUT2D eigenvalue weighted by molar-refractivity contribution is 0.162. The second kappa shape index (κ2) is 11.2. The number of rotatable bonds is 6. The van der Waals surface area contributed by atoms with Gasteiger partial charge in [0, 0.05) is 68.6 Å². The molecule has 3 aliphatic heterocycles. The highest BCUT2D eigenvalue weighted by Crippen LogP contribution is 2.31. The first kappa shape index (κ1) is 25.7. The number of piperidine rings is 1. The summed E-state index contributed by atoms with van der Waals surface area (Å²) in [7, 11) is 0. The normalized spacial score (nSPS) is 20.6. The van der Waals surface area contributed by atoms with E-state index < -0.39 is 17.5 Å². The number of amides is 2. The van der Waals surface area contributed by atoms with Gasteiger partial charge in [-0.3, -0.25) is 4.90 Å². The van der Waals surface area contributed by atoms with Gasteiger partial charge in [-0.25, -0.2) is 18.0 Å². The summed E-state index contributed by atoms with van der Waals surface area (Å²) < 4.78 is 46.4. The third-order valence-electron chi connectivity index (χ3n) is 7.95. The van der Waals surface area contributed by atoms with Gasteiger partial charge in [0.2, 0.25) is 0 Å². The molecule has 2 aromatic rings. The van der Waals surface area contributed by atoms with Gasteiger partial charge >= 0.3 is 6.03 Å². The molecule has 0 bridgehead atoms. The Balaban J connectivity index is 1.03. The third kappa shape index (κ3) is 5.81. The van der Waals surface area contributed by atoms with E-state index in [4.69, 9.17) is 4.74 Å². The molecule has 9 heteroatoms. The van der Waals surface area contributed by atoms with E-state index in [1.54, 1.807) is 9.80 Å². The maximum absolute atomic E-state index is 13.6. The van der Waals surface area contributed by atoms with Crippen molar-refractivity contribution in [3.63, 3.8) is 0 Å². The molecule has 5 rings (SSSR count). The standard InChI is InChI=1S/C28H35F3N4O2/c1-19-17-34(23-15-24(29)26(31)25(30)16-23)12-13-35(19)28(36)32-9-5-20-6-10-33(11-7-20)18-22-4-2-3-21-8-14-37-27(21)22/h2-4,15-16,19-20H,5-14,17-18H2,1H3,(H,32,36)/t19-/m1/s1. The van der Waals surface area contributed by atoms with Gasteiger partial charge in [0.25, 0.3) is 0 Å². The Kier molecular flexibility index (Phi) is 7.79. The number of nitrogens with zero attached hydrogens (tertiary/aromatic N) is 3. The van der Waals surface area contributed by atoms with Crippen molar-refractivity contribution in [1.29, 1.82) is 0 Å². The first-order valence-electron chi connectivity index (χ1n) is 13.3. The van der Waals surface area contributed by atoms with Crippen LogP contribution >= 0.6 is 0 Å². The van der Waals surface area contributed by atoms with Crippen molar-refractivity contribution in [3.8, 4) is 5.75 Å². The number of hydrogen-bond donors (Lipinski definition) is 1. The number of anilines is 1. The highest BCUT2D eigenvalue weighted by molar-refractivity contribution is 5.75. The molecule has 1 N–H and O–H groups in total. The van der Waals surface area contributed by atoms with Crippen LogP contribution in [0.3, 0.4) is 0 Å². The van der Waals surface area contributed by atoms with Crippen LogP contribution in [0.25, 0.3) is 0 Å². The molecular weight excluding hydrogens is 481 g/mol.